The van der Waals surface area contributed by atoms with E-state index in [2.05, 4.69) is 22.5 Å². The van der Waals surface area contributed by atoms with Crippen molar-refractivity contribution in [2.24, 2.45) is 0 Å². The molecular weight excluding hydrogens is 294 g/mol. The molecule has 1 aliphatic heterocycles. The van der Waals surface area contributed by atoms with Crippen LogP contribution in [-0.4, -0.2) is 48.3 Å². The Morgan fingerprint density at radius 2 is 2.22 bits per heavy atom. The highest BCUT2D eigenvalue weighted by molar-refractivity contribution is 5.73. The lowest BCUT2D eigenvalue weighted by molar-refractivity contribution is 0.0359. The van der Waals surface area contributed by atoms with Crippen LogP contribution in [0.2, 0.25) is 0 Å². The number of likely N-dealkylation sites (N-methyl/N-ethyl adjacent to an activating group) is 1. The van der Waals surface area contributed by atoms with Crippen LogP contribution in [0, 0.1) is 6.92 Å². The molecule has 0 saturated carbocycles. The maximum atomic E-state index is 12.0. The fraction of sp³-hybridized carbons (Fsp3) is 0.706. The van der Waals surface area contributed by atoms with Gasteiger partial charge in [0, 0.05) is 12.6 Å². The van der Waals surface area contributed by atoms with E-state index in [0.29, 0.717) is 18.3 Å². The van der Waals surface area contributed by atoms with E-state index in [9.17, 15) is 9.90 Å². The molecule has 1 saturated heterocycles. The highest BCUT2D eigenvalue weighted by Gasteiger charge is 2.27. The van der Waals surface area contributed by atoms with Gasteiger partial charge >= 0.3 is 6.03 Å². The van der Waals surface area contributed by atoms with Gasteiger partial charge in [0.25, 0.3) is 0 Å². The number of piperidine rings is 1. The number of nitrogens with one attached hydrogen (secondary N) is 2. The normalized spacial score (nSPS) is 21.7. The average Bonchev–Trinajstić information content (AvgIpc) is 2.98. The molecule has 2 rings (SSSR count). The minimum absolute atomic E-state index is 0.105. The molecule has 6 heteroatoms. The van der Waals surface area contributed by atoms with E-state index in [1.165, 1.54) is 12.8 Å². The number of carbonyl (C=O) groups is 1. The van der Waals surface area contributed by atoms with E-state index in [1.807, 2.05) is 6.92 Å². The number of hydrogen-bond donors (Lipinski definition) is 3. The summed E-state index contributed by atoms with van der Waals surface area (Å²) in [6.07, 6.45) is 3.58. The van der Waals surface area contributed by atoms with Gasteiger partial charge in [0.1, 0.15) is 17.1 Å². The van der Waals surface area contributed by atoms with Gasteiger partial charge in [-0.05, 0) is 51.9 Å². The van der Waals surface area contributed by atoms with E-state index in [0.717, 1.165) is 25.3 Å². The first-order chi connectivity index (χ1) is 10.9. The van der Waals surface area contributed by atoms with Crippen LogP contribution in [0.1, 0.15) is 44.6 Å². The zero-order valence-corrected chi connectivity index (χ0v) is 14.4. The molecule has 0 spiro atoms. The summed E-state index contributed by atoms with van der Waals surface area (Å²) in [7, 11) is 0. The van der Waals surface area contributed by atoms with Crippen LogP contribution in [0.5, 0.6) is 0 Å². The Morgan fingerprint density at radius 1 is 1.43 bits per heavy atom. The smallest absolute Gasteiger partial charge is 0.314 e. The highest BCUT2D eigenvalue weighted by Crippen LogP contribution is 2.21. The number of nitrogens with zero attached hydrogens (tertiary/aromatic N) is 1. The van der Waals surface area contributed by atoms with Gasteiger partial charge in [0.05, 0.1) is 6.54 Å². The second-order valence-corrected chi connectivity index (χ2v) is 6.53. The van der Waals surface area contributed by atoms with Crippen molar-refractivity contribution in [3.63, 3.8) is 0 Å². The van der Waals surface area contributed by atoms with Gasteiger partial charge in [-0.1, -0.05) is 13.3 Å². The number of amides is 2. The van der Waals surface area contributed by atoms with Crippen molar-refractivity contribution in [3.8, 4) is 0 Å². The average molecular weight is 323 g/mol. The maximum absolute atomic E-state index is 12.0. The van der Waals surface area contributed by atoms with Crippen LogP contribution in [0.25, 0.3) is 0 Å². The molecule has 0 aliphatic carbocycles. The third-order valence-electron chi connectivity index (χ3n) is 4.52. The number of carbonyl (C=O) groups excluding carboxylic acids is 1. The van der Waals surface area contributed by atoms with Crippen molar-refractivity contribution in [2.45, 2.75) is 51.7 Å². The van der Waals surface area contributed by atoms with Crippen molar-refractivity contribution in [1.29, 1.82) is 0 Å². The van der Waals surface area contributed by atoms with Crippen molar-refractivity contribution in [3.05, 3.63) is 23.7 Å². The second-order valence-electron chi connectivity index (χ2n) is 6.53. The Bertz CT molecular complexity index is 513. The lowest BCUT2D eigenvalue weighted by Gasteiger charge is -2.35. The molecule has 1 aromatic rings. The molecule has 1 fully saturated rings. The molecule has 130 valence electrons. The fourth-order valence-corrected chi connectivity index (χ4v) is 3.04. The standard InChI is InChI=1S/C17H29N3O3/c1-4-20-10-6-5-7-14(20)11-18-16(21)19-12-17(3,22)15-9-8-13(2)23-15/h8-9,14,22H,4-7,10-12H2,1-3H3,(H2,18,19,21). The van der Waals surface area contributed by atoms with Crippen LogP contribution in [0.3, 0.4) is 0 Å². The van der Waals surface area contributed by atoms with E-state index in [4.69, 9.17) is 4.42 Å². The predicted octanol–water partition coefficient (Wildman–Crippen LogP) is 1.97. The summed E-state index contributed by atoms with van der Waals surface area (Å²) in [6.45, 7) is 8.48. The van der Waals surface area contributed by atoms with Crippen LogP contribution in [0.4, 0.5) is 4.79 Å². The van der Waals surface area contributed by atoms with Crippen molar-refractivity contribution < 1.29 is 14.3 Å². The first-order valence-electron chi connectivity index (χ1n) is 8.47. The molecule has 23 heavy (non-hydrogen) atoms. The van der Waals surface area contributed by atoms with Crippen molar-refractivity contribution >= 4 is 6.03 Å². The van der Waals surface area contributed by atoms with Gasteiger partial charge in [-0.2, -0.15) is 0 Å². The van der Waals surface area contributed by atoms with E-state index in [-0.39, 0.29) is 12.6 Å². The first kappa shape index (κ1) is 17.8. The zero-order chi connectivity index (χ0) is 16.9. The first-order valence-corrected chi connectivity index (χ1v) is 8.47. The monoisotopic (exact) mass is 323 g/mol. The Kier molecular flexibility index (Phi) is 6.07. The lowest BCUT2D eigenvalue weighted by atomic mass is 10.0. The van der Waals surface area contributed by atoms with E-state index < -0.39 is 5.60 Å². The summed E-state index contributed by atoms with van der Waals surface area (Å²) in [4.78, 5) is 14.4. The Balaban J connectivity index is 1.76. The molecule has 2 amide bonds. The molecule has 0 aromatic carbocycles. The van der Waals surface area contributed by atoms with Crippen LogP contribution >= 0.6 is 0 Å². The Hall–Kier alpha value is -1.53. The number of urea groups is 1. The maximum Gasteiger partial charge on any atom is 0.314 e. The summed E-state index contributed by atoms with van der Waals surface area (Å²) >= 11 is 0. The van der Waals surface area contributed by atoms with Gasteiger partial charge in [0.15, 0.2) is 0 Å². The van der Waals surface area contributed by atoms with Crippen molar-refractivity contribution in [1.82, 2.24) is 15.5 Å². The van der Waals surface area contributed by atoms with Gasteiger partial charge in [0.2, 0.25) is 0 Å². The van der Waals surface area contributed by atoms with E-state index >= 15 is 0 Å². The minimum Gasteiger partial charge on any atom is -0.463 e. The molecule has 0 bridgehead atoms. The van der Waals surface area contributed by atoms with Gasteiger partial charge < -0.3 is 20.2 Å². The summed E-state index contributed by atoms with van der Waals surface area (Å²) in [5.74, 6) is 1.20. The fourth-order valence-electron chi connectivity index (χ4n) is 3.04. The summed E-state index contributed by atoms with van der Waals surface area (Å²) in [6, 6.07) is 3.69. The second kappa shape index (κ2) is 7.84. The molecule has 2 atom stereocenters. The van der Waals surface area contributed by atoms with Crippen LogP contribution in [-0.2, 0) is 5.60 Å². The van der Waals surface area contributed by atoms with Gasteiger partial charge in [-0.3, -0.25) is 4.90 Å². The minimum atomic E-state index is -1.22. The number of furan rings is 1. The van der Waals surface area contributed by atoms with E-state index in [1.54, 1.807) is 19.1 Å². The lowest BCUT2D eigenvalue weighted by Crippen LogP contribution is -2.50. The molecule has 2 unspecified atom stereocenters. The molecule has 3 N–H and O–H groups in total. The molecule has 6 nitrogen and oxygen atoms in total. The summed E-state index contributed by atoms with van der Waals surface area (Å²) < 4.78 is 5.44. The molecule has 1 aromatic heterocycles. The number of likely N-dealkylation sites (tertiary alicyclic amines) is 1. The number of rotatable bonds is 6. The molecule has 1 aliphatic rings. The SMILES string of the molecule is CCN1CCCCC1CNC(=O)NCC(C)(O)c1ccc(C)o1. The highest BCUT2D eigenvalue weighted by atomic mass is 16.4. The Morgan fingerprint density at radius 3 is 2.87 bits per heavy atom. The molecule has 2 heterocycles. The predicted molar refractivity (Wildman–Crippen MR) is 89.3 cm³/mol. The third kappa shape index (κ3) is 4.97. The quantitative estimate of drug-likeness (QED) is 0.748. The topological polar surface area (TPSA) is 77.7 Å². The van der Waals surface area contributed by atoms with Crippen LogP contribution < -0.4 is 10.6 Å². The van der Waals surface area contributed by atoms with Gasteiger partial charge in [-0.15, -0.1) is 0 Å². The number of aliphatic hydroxyl groups is 1. The largest absolute Gasteiger partial charge is 0.463 e. The molecular formula is C17H29N3O3. The summed E-state index contributed by atoms with van der Waals surface area (Å²) in [5.41, 5.74) is -1.22. The van der Waals surface area contributed by atoms with Gasteiger partial charge in [-0.25, -0.2) is 4.79 Å². The number of hydrogen-bond acceptors (Lipinski definition) is 4. The van der Waals surface area contributed by atoms with Crippen LogP contribution in [0.15, 0.2) is 16.5 Å². The summed E-state index contributed by atoms with van der Waals surface area (Å²) in [5, 5.41) is 16.0. The zero-order valence-electron chi connectivity index (χ0n) is 14.4. The number of aryl methyl sites for hydroxylation is 1. The molecule has 0 radical (unpaired) electrons. The van der Waals surface area contributed by atoms with Crippen molar-refractivity contribution in [2.75, 3.05) is 26.2 Å². The third-order valence-corrected chi connectivity index (χ3v) is 4.52. The Labute approximate surface area is 138 Å².